The highest BCUT2D eigenvalue weighted by molar-refractivity contribution is 7.99. The van der Waals surface area contributed by atoms with Crippen LogP contribution in [-0.2, 0) is 4.79 Å². The highest BCUT2D eigenvalue weighted by Crippen LogP contribution is 2.31. The Bertz CT molecular complexity index is 1230. The number of aryl methyl sites for hydroxylation is 3. The van der Waals surface area contributed by atoms with E-state index >= 15 is 0 Å². The van der Waals surface area contributed by atoms with Gasteiger partial charge < -0.3 is 5.32 Å². The van der Waals surface area contributed by atoms with E-state index in [1.165, 1.54) is 29.5 Å². The fourth-order valence-corrected chi connectivity index (χ4v) is 4.40. The molecule has 0 spiro atoms. The number of carbonyl (C=O) groups is 1. The zero-order chi connectivity index (χ0) is 21.3. The molecule has 0 bridgehead atoms. The number of pyridine rings is 1. The van der Waals surface area contributed by atoms with E-state index in [0.717, 1.165) is 28.0 Å². The van der Waals surface area contributed by atoms with E-state index in [2.05, 4.69) is 43.2 Å². The first-order valence-electron chi connectivity index (χ1n) is 9.53. The van der Waals surface area contributed by atoms with Crippen molar-refractivity contribution >= 4 is 34.5 Å². The molecule has 0 unspecified atom stereocenters. The predicted molar refractivity (Wildman–Crippen MR) is 119 cm³/mol. The Hall–Kier alpha value is -3.19. The normalized spacial score (nSPS) is 11.1. The summed E-state index contributed by atoms with van der Waals surface area (Å²) in [6.07, 6.45) is 1.73. The molecule has 0 fully saturated rings. The molecule has 2 heterocycles. The monoisotopic (exact) mass is 420 g/mol. The maximum Gasteiger partial charge on any atom is 0.234 e. The second-order valence-electron chi connectivity index (χ2n) is 7.14. The van der Waals surface area contributed by atoms with E-state index in [1.807, 2.05) is 16.7 Å². The number of thioether (sulfide) groups is 1. The van der Waals surface area contributed by atoms with Crippen molar-refractivity contribution < 1.29 is 9.18 Å². The number of nitrogens with one attached hydrogen (secondary N) is 1. The van der Waals surface area contributed by atoms with Gasteiger partial charge in [0.25, 0.3) is 0 Å². The first kappa shape index (κ1) is 20.1. The van der Waals surface area contributed by atoms with Crippen LogP contribution < -0.4 is 5.32 Å². The Kier molecular flexibility index (Phi) is 5.55. The number of benzene rings is 2. The third kappa shape index (κ3) is 3.93. The molecule has 4 rings (SSSR count). The lowest BCUT2D eigenvalue weighted by Crippen LogP contribution is -2.15. The van der Waals surface area contributed by atoms with Crippen LogP contribution in [-0.4, -0.2) is 26.2 Å². The highest BCUT2D eigenvalue weighted by Gasteiger charge is 2.18. The van der Waals surface area contributed by atoms with Crippen molar-refractivity contribution in [1.82, 2.24) is 14.5 Å². The third-order valence-corrected chi connectivity index (χ3v) is 5.66. The molecule has 2 aromatic heterocycles. The molecular formula is C23H21FN4OS. The van der Waals surface area contributed by atoms with Crippen molar-refractivity contribution in [1.29, 1.82) is 0 Å². The number of aromatic nitrogens is 3. The van der Waals surface area contributed by atoms with Crippen molar-refractivity contribution in [2.24, 2.45) is 0 Å². The fourth-order valence-electron chi connectivity index (χ4n) is 3.59. The minimum absolute atomic E-state index is 0.0988. The van der Waals surface area contributed by atoms with Gasteiger partial charge in [-0.2, -0.15) is 0 Å². The van der Waals surface area contributed by atoms with Crippen LogP contribution in [0.5, 0.6) is 0 Å². The van der Waals surface area contributed by atoms with Gasteiger partial charge in [-0.1, -0.05) is 41.6 Å². The minimum Gasteiger partial charge on any atom is -0.323 e. The summed E-state index contributed by atoms with van der Waals surface area (Å²) in [6, 6.07) is 14.1. The Morgan fingerprint density at radius 3 is 2.57 bits per heavy atom. The van der Waals surface area contributed by atoms with Gasteiger partial charge in [0.2, 0.25) is 5.91 Å². The summed E-state index contributed by atoms with van der Waals surface area (Å²) in [5.41, 5.74) is 6.08. The number of fused-ring (bicyclic) bond motifs is 1. The summed E-state index contributed by atoms with van der Waals surface area (Å²) < 4.78 is 15.8. The molecule has 4 aromatic rings. The number of imidazole rings is 1. The standard InChI is InChI=1S/C23H21FN4OS/c1-14-11-15(2)21(16(3)12-14)28-22-19(9-6-10-25-22)27-23(28)30-13-20(29)26-18-8-5-4-7-17(18)24/h4-12H,13H2,1-3H3,(H,26,29). The highest BCUT2D eigenvalue weighted by atomic mass is 32.2. The van der Waals surface area contributed by atoms with Crippen LogP contribution in [0.2, 0.25) is 0 Å². The van der Waals surface area contributed by atoms with Crippen LogP contribution in [0, 0.1) is 26.6 Å². The number of amides is 1. The second-order valence-corrected chi connectivity index (χ2v) is 8.08. The van der Waals surface area contributed by atoms with Crippen LogP contribution >= 0.6 is 11.8 Å². The molecule has 0 aliphatic rings. The molecule has 5 nitrogen and oxygen atoms in total. The second kappa shape index (κ2) is 8.28. The maximum atomic E-state index is 13.8. The Labute approximate surface area is 178 Å². The number of para-hydroxylation sites is 1. The number of anilines is 1. The van der Waals surface area contributed by atoms with Gasteiger partial charge in [-0.05, 0) is 56.2 Å². The Morgan fingerprint density at radius 2 is 1.83 bits per heavy atom. The molecule has 0 atom stereocenters. The lowest BCUT2D eigenvalue weighted by atomic mass is 10.1. The quantitative estimate of drug-likeness (QED) is 0.450. The molecule has 7 heteroatoms. The number of hydrogen-bond donors (Lipinski definition) is 1. The zero-order valence-corrected chi connectivity index (χ0v) is 17.8. The molecular weight excluding hydrogens is 399 g/mol. The van der Waals surface area contributed by atoms with E-state index in [-0.39, 0.29) is 17.3 Å². The van der Waals surface area contributed by atoms with Crippen LogP contribution in [0.1, 0.15) is 16.7 Å². The first-order chi connectivity index (χ1) is 14.4. The van der Waals surface area contributed by atoms with Crippen molar-refractivity contribution in [3.8, 4) is 5.69 Å². The van der Waals surface area contributed by atoms with Crippen molar-refractivity contribution in [3.05, 3.63) is 77.2 Å². The van der Waals surface area contributed by atoms with E-state index in [4.69, 9.17) is 4.98 Å². The summed E-state index contributed by atoms with van der Waals surface area (Å²) in [7, 11) is 0. The molecule has 30 heavy (non-hydrogen) atoms. The van der Waals surface area contributed by atoms with Crippen LogP contribution in [0.25, 0.3) is 16.9 Å². The Morgan fingerprint density at radius 1 is 1.10 bits per heavy atom. The summed E-state index contributed by atoms with van der Waals surface area (Å²) in [5, 5.41) is 3.29. The van der Waals surface area contributed by atoms with Gasteiger partial charge in [-0.15, -0.1) is 0 Å². The number of halogens is 1. The predicted octanol–water partition coefficient (Wildman–Crippen LogP) is 5.22. The van der Waals surface area contributed by atoms with Gasteiger partial charge in [0, 0.05) is 6.20 Å². The molecule has 0 radical (unpaired) electrons. The molecule has 0 saturated heterocycles. The number of hydrogen-bond acceptors (Lipinski definition) is 4. The lowest BCUT2D eigenvalue weighted by Gasteiger charge is -2.15. The fraction of sp³-hybridized carbons (Fsp3) is 0.174. The van der Waals surface area contributed by atoms with Gasteiger partial charge in [-0.25, -0.2) is 14.4 Å². The Balaban J connectivity index is 1.68. The average molecular weight is 421 g/mol. The van der Waals surface area contributed by atoms with E-state index in [9.17, 15) is 9.18 Å². The van der Waals surface area contributed by atoms with Crippen LogP contribution in [0.3, 0.4) is 0 Å². The van der Waals surface area contributed by atoms with Gasteiger partial charge in [0.05, 0.1) is 17.1 Å². The van der Waals surface area contributed by atoms with E-state index in [1.54, 1.807) is 18.3 Å². The van der Waals surface area contributed by atoms with Crippen molar-refractivity contribution in [2.45, 2.75) is 25.9 Å². The zero-order valence-electron chi connectivity index (χ0n) is 16.9. The molecule has 0 aliphatic heterocycles. The summed E-state index contributed by atoms with van der Waals surface area (Å²) >= 11 is 1.30. The smallest absolute Gasteiger partial charge is 0.234 e. The number of carbonyl (C=O) groups excluding carboxylic acids is 1. The molecule has 1 N–H and O–H groups in total. The molecule has 0 aliphatic carbocycles. The summed E-state index contributed by atoms with van der Waals surface area (Å²) in [6.45, 7) is 6.18. The van der Waals surface area contributed by atoms with Gasteiger partial charge in [0.1, 0.15) is 11.3 Å². The van der Waals surface area contributed by atoms with Crippen molar-refractivity contribution in [2.75, 3.05) is 11.1 Å². The topological polar surface area (TPSA) is 59.8 Å². The lowest BCUT2D eigenvalue weighted by molar-refractivity contribution is -0.113. The van der Waals surface area contributed by atoms with Crippen molar-refractivity contribution in [3.63, 3.8) is 0 Å². The van der Waals surface area contributed by atoms with Gasteiger partial charge in [-0.3, -0.25) is 9.36 Å². The SMILES string of the molecule is Cc1cc(C)c(-n2c(SCC(=O)Nc3ccccc3F)nc3cccnc32)c(C)c1. The third-order valence-electron chi connectivity index (χ3n) is 4.72. The molecule has 0 saturated carbocycles. The van der Waals surface area contributed by atoms with Crippen LogP contribution in [0.15, 0.2) is 59.9 Å². The first-order valence-corrected chi connectivity index (χ1v) is 10.5. The van der Waals surface area contributed by atoms with Gasteiger partial charge in [0.15, 0.2) is 10.8 Å². The van der Waals surface area contributed by atoms with E-state index < -0.39 is 5.82 Å². The largest absolute Gasteiger partial charge is 0.323 e. The minimum atomic E-state index is -0.460. The molecule has 1 amide bonds. The van der Waals surface area contributed by atoms with E-state index in [0.29, 0.717) is 5.16 Å². The van der Waals surface area contributed by atoms with Crippen LogP contribution in [0.4, 0.5) is 10.1 Å². The maximum absolute atomic E-state index is 13.8. The summed E-state index contributed by atoms with van der Waals surface area (Å²) in [5.74, 6) is -0.658. The average Bonchev–Trinajstić information content (AvgIpc) is 3.06. The molecule has 2 aromatic carbocycles. The van der Waals surface area contributed by atoms with Gasteiger partial charge >= 0.3 is 0 Å². The number of nitrogens with zero attached hydrogens (tertiary/aromatic N) is 3. The number of rotatable bonds is 5. The molecule has 152 valence electrons. The summed E-state index contributed by atoms with van der Waals surface area (Å²) in [4.78, 5) is 21.7.